The van der Waals surface area contributed by atoms with E-state index in [0.29, 0.717) is 5.92 Å². The molecule has 0 bridgehead atoms. The number of nitrogens with one attached hydrogen (secondary N) is 2. The normalized spacial score (nSPS) is 14.8. The predicted octanol–water partition coefficient (Wildman–Crippen LogP) is 8.26. The van der Waals surface area contributed by atoms with Gasteiger partial charge in [-0.25, -0.2) is 4.99 Å². The highest BCUT2D eigenvalue weighted by atomic mass is 35.5. The number of rotatable bonds is 13. The van der Waals surface area contributed by atoms with E-state index in [9.17, 15) is 0 Å². The molecule has 0 saturated carbocycles. The van der Waals surface area contributed by atoms with Gasteiger partial charge in [0.15, 0.2) is 0 Å². The Balaban J connectivity index is 0.00000341. The third-order valence-corrected chi connectivity index (χ3v) is 5.91. The monoisotopic (exact) mass is 441 g/mol. The lowest BCUT2D eigenvalue weighted by Gasteiger charge is -2.08. The van der Waals surface area contributed by atoms with Crippen molar-refractivity contribution in [2.45, 2.75) is 85.0 Å². The second-order valence-electron chi connectivity index (χ2n) is 8.89. The minimum atomic E-state index is 0. The second-order valence-corrected chi connectivity index (χ2v) is 8.89. The van der Waals surface area contributed by atoms with Crippen LogP contribution in [0, 0.1) is 5.92 Å². The molecule has 170 valence electrons. The first-order valence-corrected chi connectivity index (χ1v) is 12.0. The summed E-state index contributed by atoms with van der Waals surface area (Å²) in [4.78, 5) is 11.8. The lowest BCUT2D eigenvalue weighted by molar-refractivity contribution is 0.564. The minimum Gasteiger partial charge on any atom is -0.360 e. The summed E-state index contributed by atoms with van der Waals surface area (Å²) in [7, 11) is 0. The van der Waals surface area contributed by atoms with E-state index in [1.54, 1.807) is 0 Å². The number of unbranched alkanes of at least 4 members (excludes halogenated alkanes) is 8. The van der Waals surface area contributed by atoms with Gasteiger partial charge < -0.3 is 9.97 Å². The van der Waals surface area contributed by atoms with Crippen LogP contribution in [0.25, 0.3) is 6.08 Å². The van der Waals surface area contributed by atoms with Crippen molar-refractivity contribution >= 4 is 24.2 Å². The maximum Gasteiger partial charge on any atom is 0.0906 e. The first-order valence-electron chi connectivity index (χ1n) is 12.0. The average Bonchev–Trinajstić information content (AvgIpc) is 3.48. The van der Waals surface area contributed by atoms with Crippen LogP contribution in [-0.2, 0) is 6.42 Å². The fraction of sp³-hybridized carbons (Fsp3) is 0.519. The molecule has 0 aliphatic carbocycles. The Kier molecular flexibility index (Phi) is 10.9. The number of H-pyrrole nitrogens is 2. The highest BCUT2D eigenvalue weighted by Crippen LogP contribution is 2.27. The van der Waals surface area contributed by atoms with E-state index in [1.807, 2.05) is 12.3 Å². The lowest BCUT2D eigenvalue weighted by Crippen LogP contribution is -2.07. The van der Waals surface area contributed by atoms with Gasteiger partial charge in [-0.05, 0) is 60.8 Å². The van der Waals surface area contributed by atoms with Gasteiger partial charge in [0.1, 0.15) is 0 Å². The number of aliphatic imine (C=N–C) groups is 1. The number of hydrogen-bond donors (Lipinski definition) is 2. The molecular formula is C27H40ClN3. The molecular weight excluding hydrogens is 402 g/mol. The van der Waals surface area contributed by atoms with Crippen molar-refractivity contribution in [2.24, 2.45) is 10.9 Å². The average molecular weight is 442 g/mol. The van der Waals surface area contributed by atoms with E-state index in [1.165, 1.54) is 69.1 Å². The molecule has 1 aliphatic heterocycles. The smallest absolute Gasteiger partial charge is 0.0906 e. The molecule has 0 spiro atoms. The third-order valence-electron chi connectivity index (χ3n) is 5.91. The van der Waals surface area contributed by atoms with Crippen LogP contribution >= 0.6 is 12.4 Å². The van der Waals surface area contributed by atoms with E-state index < -0.39 is 0 Å². The number of aryl methyl sites for hydroxylation is 1. The number of aromatic amines is 2. The van der Waals surface area contributed by atoms with Crippen molar-refractivity contribution < 1.29 is 0 Å². The molecule has 2 N–H and O–H groups in total. The third kappa shape index (κ3) is 7.88. The maximum atomic E-state index is 4.89. The quantitative estimate of drug-likeness (QED) is 0.294. The van der Waals surface area contributed by atoms with Gasteiger partial charge >= 0.3 is 0 Å². The molecule has 0 atom stereocenters. The van der Waals surface area contributed by atoms with Crippen molar-refractivity contribution in [1.29, 1.82) is 0 Å². The van der Waals surface area contributed by atoms with Gasteiger partial charge in [-0.3, -0.25) is 0 Å². The maximum absolute atomic E-state index is 4.89. The molecule has 1 aliphatic rings. The molecule has 0 radical (unpaired) electrons. The summed E-state index contributed by atoms with van der Waals surface area (Å²) in [5.41, 5.74) is 6.97. The summed E-state index contributed by atoms with van der Waals surface area (Å²) in [5, 5.41) is 0. The Bertz CT molecular complexity index is 853. The molecule has 2 aromatic rings. The predicted molar refractivity (Wildman–Crippen MR) is 137 cm³/mol. The number of hydrogen-bond acceptors (Lipinski definition) is 1. The Morgan fingerprint density at radius 2 is 1.65 bits per heavy atom. The van der Waals surface area contributed by atoms with E-state index in [4.69, 9.17) is 4.99 Å². The molecule has 0 aromatic carbocycles. The van der Waals surface area contributed by atoms with E-state index in [0.717, 1.165) is 29.2 Å². The van der Waals surface area contributed by atoms with Gasteiger partial charge in [-0.1, -0.05) is 72.1 Å². The fourth-order valence-corrected chi connectivity index (χ4v) is 4.14. The zero-order valence-corrected chi connectivity index (χ0v) is 20.4. The number of allylic oxidation sites excluding steroid dienone is 2. The topological polar surface area (TPSA) is 43.9 Å². The minimum absolute atomic E-state index is 0. The summed E-state index contributed by atoms with van der Waals surface area (Å²) in [6.07, 6.45) is 19.9. The van der Waals surface area contributed by atoms with Crippen LogP contribution in [0.1, 0.15) is 95.6 Å². The highest BCUT2D eigenvalue weighted by Gasteiger charge is 2.20. The van der Waals surface area contributed by atoms with Crippen LogP contribution in [0.15, 0.2) is 52.8 Å². The van der Waals surface area contributed by atoms with Gasteiger partial charge in [0, 0.05) is 17.6 Å². The largest absolute Gasteiger partial charge is 0.360 e. The van der Waals surface area contributed by atoms with Crippen molar-refractivity contribution in [3.63, 3.8) is 0 Å². The number of halogens is 1. The van der Waals surface area contributed by atoms with Crippen LogP contribution in [-0.4, -0.2) is 15.7 Å². The molecule has 4 heteroatoms. The van der Waals surface area contributed by atoms with Crippen molar-refractivity contribution in [2.75, 3.05) is 0 Å². The van der Waals surface area contributed by atoms with Crippen molar-refractivity contribution in [1.82, 2.24) is 9.97 Å². The Labute approximate surface area is 195 Å². The summed E-state index contributed by atoms with van der Waals surface area (Å²) in [6, 6.07) is 8.53. The lowest BCUT2D eigenvalue weighted by atomic mass is 9.97. The standard InChI is InChI=1S/C27H39N3.ClH/c1-4-5-6-7-8-9-10-11-12-14-22-16-17-23(29-22)19-24-20-25(21(2)3)27(30-24)26-15-13-18-28-26;/h13,15-21,28-29H,4-12,14H2,1-3H3;1H/b24-19+;. The molecule has 0 amide bonds. The summed E-state index contributed by atoms with van der Waals surface area (Å²) in [6.45, 7) is 6.74. The number of nitrogens with zero attached hydrogens (tertiary/aromatic N) is 1. The molecule has 0 fully saturated rings. The Morgan fingerprint density at radius 3 is 2.29 bits per heavy atom. The van der Waals surface area contributed by atoms with Crippen LogP contribution in [0.4, 0.5) is 0 Å². The molecule has 3 heterocycles. The highest BCUT2D eigenvalue weighted by molar-refractivity contribution is 6.14. The summed E-state index contributed by atoms with van der Waals surface area (Å²) < 4.78 is 0. The first-order chi connectivity index (χ1) is 14.7. The van der Waals surface area contributed by atoms with Crippen LogP contribution in [0.2, 0.25) is 0 Å². The fourth-order valence-electron chi connectivity index (χ4n) is 4.14. The van der Waals surface area contributed by atoms with Gasteiger partial charge in [-0.2, -0.15) is 0 Å². The van der Waals surface area contributed by atoms with Crippen LogP contribution < -0.4 is 0 Å². The molecule has 3 nitrogen and oxygen atoms in total. The van der Waals surface area contributed by atoms with Gasteiger partial charge in [0.05, 0.1) is 17.1 Å². The van der Waals surface area contributed by atoms with E-state index in [2.05, 4.69) is 61.1 Å². The van der Waals surface area contributed by atoms with Crippen LogP contribution in [0.3, 0.4) is 0 Å². The zero-order chi connectivity index (χ0) is 21.2. The van der Waals surface area contributed by atoms with Crippen molar-refractivity contribution in [3.05, 3.63) is 64.9 Å². The zero-order valence-electron chi connectivity index (χ0n) is 19.5. The summed E-state index contributed by atoms with van der Waals surface area (Å²) >= 11 is 0. The van der Waals surface area contributed by atoms with Gasteiger partial charge in [0.2, 0.25) is 0 Å². The van der Waals surface area contributed by atoms with Gasteiger partial charge in [0.25, 0.3) is 0 Å². The molecule has 31 heavy (non-hydrogen) atoms. The molecule has 0 saturated heterocycles. The molecule has 3 rings (SSSR count). The van der Waals surface area contributed by atoms with E-state index >= 15 is 0 Å². The Hall–Kier alpha value is -2.00. The molecule has 0 unspecified atom stereocenters. The van der Waals surface area contributed by atoms with E-state index in [-0.39, 0.29) is 12.4 Å². The molecule has 2 aromatic heterocycles. The SMILES string of the molecule is CCCCCCCCCCCc1ccc(/C=C2\C=C(C(C)C)C(c3ccc[nH]3)=N2)[nH]1.Cl. The second kappa shape index (κ2) is 13.4. The van der Waals surface area contributed by atoms with Crippen LogP contribution in [0.5, 0.6) is 0 Å². The summed E-state index contributed by atoms with van der Waals surface area (Å²) in [5.74, 6) is 0.448. The van der Waals surface area contributed by atoms with Gasteiger partial charge in [-0.15, -0.1) is 12.4 Å². The number of aromatic nitrogens is 2. The van der Waals surface area contributed by atoms with Crippen molar-refractivity contribution in [3.8, 4) is 0 Å². The Morgan fingerprint density at radius 1 is 0.935 bits per heavy atom. The first kappa shape index (κ1) is 25.3.